The van der Waals surface area contributed by atoms with Gasteiger partial charge >= 0.3 is 0 Å². The zero-order valence-corrected chi connectivity index (χ0v) is 10.3. The summed E-state index contributed by atoms with van der Waals surface area (Å²) < 4.78 is 12.9. The number of hydrogen-bond acceptors (Lipinski definition) is 1. The normalized spacial score (nSPS) is 27.9. The van der Waals surface area contributed by atoms with Crippen molar-refractivity contribution in [1.82, 2.24) is 4.90 Å². The average molecular weight is 252 g/mol. The molecule has 2 aliphatic heterocycles. The molecule has 0 radical (unpaired) electrons. The third kappa shape index (κ3) is 2.06. The Morgan fingerprint density at radius 2 is 2.00 bits per heavy atom. The molecule has 0 N–H and O–H groups in total. The van der Waals surface area contributed by atoms with Crippen LogP contribution >= 0.6 is 11.6 Å². The number of alkyl halides is 1. The fraction of sp³-hybridized carbons (Fsp3) is 0.429. The summed E-state index contributed by atoms with van der Waals surface area (Å²) in [4.78, 5) is 2.38. The van der Waals surface area contributed by atoms with E-state index < -0.39 is 0 Å². The third-order valence-electron chi connectivity index (χ3n) is 3.68. The van der Waals surface area contributed by atoms with Crippen LogP contribution in [0.2, 0.25) is 0 Å². The van der Waals surface area contributed by atoms with Crippen LogP contribution in [-0.2, 0) is 0 Å². The number of benzene rings is 1. The highest BCUT2D eigenvalue weighted by Crippen LogP contribution is 2.41. The molecule has 0 amide bonds. The number of fused-ring (bicyclic) bond motifs is 1. The average Bonchev–Trinajstić information content (AvgIpc) is 2.73. The molecule has 1 fully saturated rings. The van der Waals surface area contributed by atoms with Crippen LogP contribution < -0.4 is 0 Å². The van der Waals surface area contributed by atoms with E-state index in [1.165, 1.54) is 11.3 Å². The maximum Gasteiger partial charge on any atom is 0.123 e. The zero-order valence-electron chi connectivity index (χ0n) is 9.57. The van der Waals surface area contributed by atoms with E-state index in [0.717, 1.165) is 25.8 Å². The van der Waals surface area contributed by atoms with Crippen molar-refractivity contribution in [3.8, 4) is 0 Å². The van der Waals surface area contributed by atoms with Gasteiger partial charge in [-0.15, -0.1) is 11.6 Å². The Hall–Kier alpha value is -1.02. The highest BCUT2D eigenvalue weighted by Gasteiger charge is 2.32. The van der Waals surface area contributed by atoms with Crippen LogP contribution in [0.4, 0.5) is 4.39 Å². The van der Waals surface area contributed by atoms with Crippen LogP contribution in [0.15, 0.2) is 36.0 Å². The van der Waals surface area contributed by atoms with Gasteiger partial charge < -0.3 is 4.90 Å². The lowest BCUT2D eigenvalue weighted by atomic mass is 10.0. The summed E-state index contributed by atoms with van der Waals surface area (Å²) in [6, 6.07) is 7.24. The summed E-state index contributed by atoms with van der Waals surface area (Å²) in [5.41, 5.74) is 2.61. The monoisotopic (exact) mass is 251 g/mol. The molecule has 2 aliphatic rings. The Morgan fingerprint density at radius 1 is 1.24 bits per heavy atom. The van der Waals surface area contributed by atoms with E-state index in [9.17, 15) is 4.39 Å². The molecule has 90 valence electrons. The first-order valence-corrected chi connectivity index (χ1v) is 6.53. The number of halogens is 2. The Kier molecular flexibility index (Phi) is 2.83. The molecule has 0 aliphatic carbocycles. The van der Waals surface area contributed by atoms with E-state index in [4.69, 9.17) is 11.6 Å². The third-order valence-corrected chi connectivity index (χ3v) is 3.99. The smallest absolute Gasteiger partial charge is 0.123 e. The summed E-state index contributed by atoms with van der Waals surface area (Å²) in [7, 11) is 0. The largest absolute Gasteiger partial charge is 0.367 e. The maximum absolute atomic E-state index is 12.9. The lowest BCUT2D eigenvalue weighted by Crippen LogP contribution is -2.31. The molecule has 1 aromatic rings. The zero-order chi connectivity index (χ0) is 11.8. The van der Waals surface area contributed by atoms with Gasteiger partial charge in [-0.25, -0.2) is 4.39 Å². The van der Waals surface area contributed by atoms with Crippen molar-refractivity contribution in [3.63, 3.8) is 0 Å². The van der Waals surface area contributed by atoms with Crippen LogP contribution in [0.1, 0.15) is 30.9 Å². The molecule has 0 aromatic heterocycles. The molecular formula is C14H15ClFN. The predicted molar refractivity (Wildman–Crippen MR) is 67.4 cm³/mol. The molecule has 3 rings (SSSR count). The summed E-state index contributed by atoms with van der Waals surface area (Å²) >= 11 is 6.21. The number of allylic oxidation sites excluding steroid dienone is 2. The van der Waals surface area contributed by atoms with Crippen LogP contribution in [0.3, 0.4) is 0 Å². The Labute approximate surface area is 106 Å². The molecule has 2 heterocycles. The number of rotatable bonds is 1. The molecular weight excluding hydrogens is 237 g/mol. The quantitative estimate of drug-likeness (QED) is 0.685. The minimum Gasteiger partial charge on any atom is -0.367 e. The summed E-state index contributed by atoms with van der Waals surface area (Å²) in [5.74, 6) is -0.170. The summed E-state index contributed by atoms with van der Waals surface area (Å²) in [6.07, 6.45) is 5.46. The van der Waals surface area contributed by atoms with Gasteiger partial charge in [0.1, 0.15) is 5.82 Å². The van der Waals surface area contributed by atoms with Crippen molar-refractivity contribution in [2.75, 3.05) is 6.54 Å². The van der Waals surface area contributed by atoms with Gasteiger partial charge in [0.15, 0.2) is 0 Å². The second-order valence-electron chi connectivity index (χ2n) is 4.79. The first-order chi connectivity index (χ1) is 8.24. The van der Waals surface area contributed by atoms with Crippen LogP contribution in [-0.4, -0.2) is 16.8 Å². The van der Waals surface area contributed by atoms with Crippen molar-refractivity contribution in [1.29, 1.82) is 0 Å². The van der Waals surface area contributed by atoms with Crippen molar-refractivity contribution >= 4 is 11.6 Å². The SMILES string of the molecule is Fc1ccc([C@H]2CCC3=CCC(Cl)CN32)cc1. The molecule has 3 heteroatoms. The Balaban J connectivity index is 1.87. The highest BCUT2D eigenvalue weighted by molar-refractivity contribution is 6.21. The Bertz CT molecular complexity index is 440. The fourth-order valence-corrected chi connectivity index (χ4v) is 3.07. The van der Waals surface area contributed by atoms with E-state index >= 15 is 0 Å². The molecule has 1 unspecified atom stereocenters. The highest BCUT2D eigenvalue weighted by atomic mass is 35.5. The molecule has 0 bridgehead atoms. The molecule has 1 aromatic carbocycles. The van der Waals surface area contributed by atoms with Gasteiger partial charge in [0.25, 0.3) is 0 Å². The van der Waals surface area contributed by atoms with Crippen LogP contribution in [0, 0.1) is 5.82 Å². The van der Waals surface area contributed by atoms with Gasteiger partial charge in [-0.3, -0.25) is 0 Å². The van der Waals surface area contributed by atoms with Crippen molar-refractivity contribution in [2.45, 2.75) is 30.7 Å². The van der Waals surface area contributed by atoms with E-state index in [-0.39, 0.29) is 11.2 Å². The summed E-state index contributed by atoms with van der Waals surface area (Å²) in [5, 5.41) is 0.208. The number of hydrogen-bond donors (Lipinski definition) is 0. The minimum atomic E-state index is -0.170. The molecule has 17 heavy (non-hydrogen) atoms. The molecule has 1 nitrogen and oxygen atoms in total. The van der Waals surface area contributed by atoms with Gasteiger partial charge in [-0.2, -0.15) is 0 Å². The number of nitrogens with zero attached hydrogens (tertiary/aromatic N) is 1. The second kappa shape index (κ2) is 4.34. The Morgan fingerprint density at radius 3 is 2.76 bits per heavy atom. The van der Waals surface area contributed by atoms with E-state index in [0.29, 0.717) is 6.04 Å². The van der Waals surface area contributed by atoms with Gasteiger partial charge in [-0.05, 0) is 37.0 Å². The maximum atomic E-state index is 12.9. The lowest BCUT2D eigenvalue weighted by molar-refractivity contribution is 0.285. The van der Waals surface area contributed by atoms with E-state index in [1.54, 1.807) is 12.1 Å². The first kappa shape index (κ1) is 11.1. The van der Waals surface area contributed by atoms with Crippen molar-refractivity contribution < 1.29 is 4.39 Å². The van der Waals surface area contributed by atoms with E-state index in [1.807, 2.05) is 12.1 Å². The fourth-order valence-electron chi connectivity index (χ4n) is 2.83. The van der Waals surface area contributed by atoms with E-state index in [2.05, 4.69) is 11.0 Å². The molecule has 2 atom stereocenters. The van der Waals surface area contributed by atoms with Crippen LogP contribution in [0.25, 0.3) is 0 Å². The van der Waals surface area contributed by atoms with Crippen LogP contribution in [0.5, 0.6) is 0 Å². The molecule has 1 saturated heterocycles. The lowest BCUT2D eigenvalue weighted by Gasteiger charge is -2.33. The van der Waals surface area contributed by atoms with Gasteiger partial charge in [0.05, 0.1) is 11.4 Å². The first-order valence-electron chi connectivity index (χ1n) is 6.09. The van der Waals surface area contributed by atoms with Gasteiger partial charge in [0.2, 0.25) is 0 Å². The molecule has 0 saturated carbocycles. The van der Waals surface area contributed by atoms with Crippen molar-refractivity contribution in [2.24, 2.45) is 0 Å². The molecule has 0 spiro atoms. The topological polar surface area (TPSA) is 3.24 Å². The summed E-state index contributed by atoms with van der Waals surface area (Å²) in [6.45, 7) is 0.912. The van der Waals surface area contributed by atoms with Gasteiger partial charge in [0, 0.05) is 12.2 Å². The van der Waals surface area contributed by atoms with Crippen molar-refractivity contribution in [3.05, 3.63) is 47.4 Å². The standard InChI is InChI=1S/C14H15ClFN/c15-11-3-6-13-7-8-14(17(13)9-11)10-1-4-12(16)5-2-10/h1-2,4-6,11,14H,3,7-9H2/t11?,14-/m1/s1. The minimum absolute atomic E-state index is 0.170. The van der Waals surface area contributed by atoms with Gasteiger partial charge in [-0.1, -0.05) is 18.2 Å². The second-order valence-corrected chi connectivity index (χ2v) is 5.40. The predicted octanol–water partition coefficient (Wildman–Crippen LogP) is 3.86.